The van der Waals surface area contributed by atoms with Crippen LogP contribution in [0.2, 0.25) is 0 Å². The summed E-state index contributed by atoms with van der Waals surface area (Å²) in [7, 11) is 0. The van der Waals surface area contributed by atoms with Gasteiger partial charge in [0, 0.05) is 25.7 Å². The molecule has 156 valence electrons. The van der Waals surface area contributed by atoms with Gasteiger partial charge in [0.15, 0.2) is 11.4 Å². The standard InChI is InChI=1S/C21H26N8O/c1-4-6-10-29(11-7-5-2)16-8-9-17(18(12-16)24-15(3)30)27-28-21-25-19(13-22)20(14-23)26-21/h8-9,12H,4-7,10-11H2,1-3H3,(H,24,30)(H,25,26). The van der Waals surface area contributed by atoms with Gasteiger partial charge in [-0.3, -0.25) is 4.79 Å². The van der Waals surface area contributed by atoms with Crippen molar-refractivity contribution in [2.75, 3.05) is 23.3 Å². The second-order valence-corrected chi connectivity index (χ2v) is 6.78. The number of hydrogen-bond acceptors (Lipinski definition) is 7. The Morgan fingerprint density at radius 1 is 1.17 bits per heavy atom. The summed E-state index contributed by atoms with van der Waals surface area (Å²) in [5, 5.41) is 28.9. The highest BCUT2D eigenvalue weighted by Gasteiger charge is 2.12. The summed E-state index contributed by atoms with van der Waals surface area (Å²) in [6, 6.07) is 9.31. The second-order valence-electron chi connectivity index (χ2n) is 6.78. The lowest BCUT2D eigenvalue weighted by atomic mass is 10.2. The highest BCUT2D eigenvalue weighted by atomic mass is 16.1. The third-order valence-corrected chi connectivity index (χ3v) is 4.38. The van der Waals surface area contributed by atoms with Gasteiger partial charge in [-0.15, -0.1) is 10.2 Å². The first-order valence-electron chi connectivity index (χ1n) is 10.0. The van der Waals surface area contributed by atoms with Crippen molar-refractivity contribution in [2.24, 2.45) is 10.2 Å². The molecule has 0 aliphatic heterocycles. The molecule has 0 unspecified atom stereocenters. The predicted octanol–water partition coefficient (Wildman–Crippen LogP) is 4.93. The number of aromatic nitrogens is 2. The normalized spacial score (nSPS) is 10.6. The number of benzene rings is 1. The lowest BCUT2D eigenvalue weighted by Crippen LogP contribution is -2.25. The van der Waals surface area contributed by atoms with Crippen molar-refractivity contribution in [3.63, 3.8) is 0 Å². The molecule has 0 fully saturated rings. The molecule has 1 amide bonds. The van der Waals surface area contributed by atoms with E-state index in [0.29, 0.717) is 11.4 Å². The maximum Gasteiger partial charge on any atom is 0.249 e. The van der Waals surface area contributed by atoms with Crippen molar-refractivity contribution in [1.29, 1.82) is 10.5 Å². The van der Waals surface area contributed by atoms with Gasteiger partial charge >= 0.3 is 0 Å². The summed E-state index contributed by atoms with van der Waals surface area (Å²) in [6.07, 6.45) is 4.38. The molecular weight excluding hydrogens is 380 g/mol. The molecule has 0 atom stereocenters. The molecule has 0 bridgehead atoms. The molecule has 1 aromatic carbocycles. The molecule has 1 aromatic heterocycles. The first-order chi connectivity index (χ1) is 14.5. The molecule has 9 heteroatoms. The van der Waals surface area contributed by atoms with Crippen LogP contribution in [0.1, 0.15) is 57.8 Å². The van der Waals surface area contributed by atoms with Crippen LogP contribution in [-0.4, -0.2) is 29.0 Å². The van der Waals surface area contributed by atoms with Gasteiger partial charge in [0.2, 0.25) is 11.9 Å². The number of azo groups is 1. The van der Waals surface area contributed by atoms with Crippen molar-refractivity contribution in [3.8, 4) is 12.1 Å². The zero-order valence-electron chi connectivity index (χ0n) is 17.6. The van der Waals surface area contributed by atoms with Crippen LogP contribution in [0.3, 0.4) is 0 Å². The third kappa shape index (κ3) is 6.14. The zero-order valence-corrected chi connectivity index (χ0v) is 17.6. The molecule has 0 aliphatic rings. The van der Waals surface area contributed by atoms with Crippen molar-refractivity contribution >= 4 is 28.9 Å². The topological polar surface area (TPSA) is 133 Å². The van der Waals surface area contributed by atoms with Crippen molar-refractivity contribution in [1.82, 2.24) is 9.97 Å². The number of nitrogens with zero attached hydrogens (tertiary/aromatic N) is 6. The van der Waals surface area contributed by atoms with Gasteiger partial charge in [0.25, 0.3) is 0 Å². The molecule has 0 radical (unpaired) electrons. The summed E-state index contributed by atoms with van der Waals surface area (Å²) < 4.78 is 0. The highest BCUT2D eigenvalue weighted by Crippen LogP contribution is 2.32. The van der Waals surface area contributed by atoms with E-state index in [-0.39, 0.29) is 23.2 Å². The summed E-state index contributed by atoms with van der Waals surface area (Å²) in [6.45, 7) is 7.64. The molecule has 0 spiro atoms. The van der Waals surface area contributed by atoms with Crippen LogP contribution in [0.5, 0.6) is 0 Å². The Balaban J connectivity index is 2.35. The fraction of sp³-hybridized carbons (Fsp3) is 0.429. The van der Waals surface area contributed by atoms with E-state index in [9.17, 15) is 4.79 Å². The molecule has 9 nitrogen and oxygen atoms in total. The summed E-state index contributed by atoms with van der Waals surface area (Å²) in [4.78, 5) is 20.6. The SMILES string of the molecule is CCCCN(CCCC)c1ccc(N=Nc2nc(C#N)c(C#N)[nH]2)c(NC(C)=O)c1. The lowest BCUT2D eigenvalue weighted by Gasteiger charge is -2.25. The van der Waals surface area contributed by atoms with E-state index in [1.165, 1.54) is 6.92 Å². The van der Waals surface area contributed by atoms with Crippen LogP contribution >= 0.6 is 0 Å². The smallest absolute Gasteiger partial charge is 0.249 e. The van der Waals surface area contributed by atoms with Gasteiger partial charge in [-0.25, -0.2) is 0 Å². The Morgan fingerprint density at radius 3 is 2.40 bits per heavy atom. The van der Waals surface area contributed by atoms with E-state index in [2.05, 4.69) is 44.3 Å². The van der Waals surface area contributed by atoms with Crippen LogP contribution in [0.15, 0.2) is 28.4 Å². The maximum absolute atomic E-state index is 11.7. The Hall–Kier alpha value is -3.72. The first-order valence-corrected chi connectivity index (χ1v) is 10.0. The molecule has 0 saturated carbocycles. The molecule has 2 N–H and O–H groups in total. The number of rotatable bonds is 10. The van der Waals surface area contributed by atoms with Crippen molar-refractivity contribution in [3.05, 3.63) is 29.6 Å². The Kier molecular flexibility index (Phi) is 8.52. The highest BCUT2D eigenvalue weighted by molar-refractivity contribution is 5.93. The van der Waals surface area contributed by atoms with E-state index in [4.69, 9.17) is 10.5 Å². The van der Waals surface area contributed by atoms with Gasteiger partial charge < -0.3 is 15.2 Å². The number of nitrogens with one attached hydrogen (secondary N) is 2. The van der Waals surface area contributed by atoms with Gasteiger partial charge in [-0.1, -0.05) is 26.7 Å². The number of anilines is 2. The maximum atomic E-state index is 11.7. The summed E-state index contributed by atoms with van der Waals surface area (Å²) in [5.41, 5.74) is 2.00. The van der Waals surface area contributed by atoms with E-state index < -0.39 is 0 Å². The Labute approximate surface area is 176 Å². The van der Waals surface area contributed by atoms with E-state index in [1.807, 2.05) is 24.3 Å². The minimum Gasteiger partial charge on any atom is -0.371 e. The third-order valence-electron chi connectivity index (χ3n) is 4.38. The predicted molar refractivity (Wildman–Crippen MR) is 115 cm³/mol. The van der Waals surface area contributed by atoms with Crippen molar-refractivity contribution < 1.29 is 4.79 Å². The number of carbonyl (C=O) groups is 1. The van der Waals surface area contributed by atoms with Crippen LogP contribution in [0.4, 0.5) is 23.0 Å². The molecular formula is C21H26N8O. The average molecular weight is 406 g/mol. The Morgan fingerprint density at radius 2 is 1.87 bits per heavy atom. The number of H-pyrrole nitrogens is 1. The van der Waals surface area contributed by atoms with Crippen LogP contribution < -0.4 is 10.2 Å². The van der Waals surface area contributed by atoms with Crippen LogP contribution in [-0.2, 0) is 4.79 Å². The number of unbranched alkanes of at least 4 members (excludes halogenated alkanes) is 2. The van der Waals surface area contributed by atoms with Crippen LogP contribution in [0, 0.1) is 22.7 Å². The molecule has 2 aromatic rings. The van der Waals surface area contributed by atoms with Gasteiger partial charge in [-0.05, 0) is 31.0 Å². The summed E-state index contributed by atoms with van der Waals surface area (Å²) in [5.74, 6) is -0.165. The number of carbonyl (C=O) groups excluding carboxylic acids is 1. The molecule has 1 heterocycles. The van der Waals surface area contributed by atoms with Crippen molar-refractivity contribution in [2.45, 2.75) is 46.5 Å². The number of amides is 1. The molecule has 0 aliphatic carbocycles. The number of aromatic amines is 1. The second kappa shape index (κ2) is 11.3. The Bertz CT molecular complexity index is 940. The fourth-order valence-electron chi connectivity index (χ4n) is 2.84. The van der Waals surface area contributed by atoms with E-state index in [1.54, 1.807) is 6.07 Å². The largest absolute Gasteiger partial charge is 0.371 e. The molecule has 30 heavy (non-hydrogen) atoms. The van der Waals surface area contributed by atoms with Gasteiger partial charge in [-0.2, -0.15) is 15.5 Å². The quantitative estimate of drug-likeness (QED) is 0.539. The first kappa shape index (κ1) is 22.6. The molecule has 0 saturated heterocycles. The van der Waals surface area contributed by atoms with Gasteiger partial charge in [0.1, 0.15) is 17.8 Å². The van der Waals surface area contributed by atoms with Crippen LogP contribution in [0.25, 0.3) is 0 Å². The van der Waals surface area contributed by atoms with Gasteiger partial charge in [0.05, 0.1) is 5.69 Å². The van der Waals surface area contributed by atoms with E-state index in [0.717, 1.165) is 44.5 Å². The summed E-state index contributed by atoms with van der Waals surface area (Å²) >= 11 is 0. The minimum absolute atomic E-state index is 0.0337. The monoisotopic (exact) mass is 406 g/mol. The lowest BCUT2D eigenvalue weighted by molar-refractivity contribution is -0.114. The number of imidazole rings is 1. The molecule has 2 rings (SSSR count). The number of nitriles is 2. The fourth-order valence-corrected chi connectivity index (χ4v) is 2.84. The zero-order chi connectivity index (χ0) is 21.9. The average Bonchev–Trinajstić information content (AvgIpc) is 3.15. The minimum atomic E-state index is -0.214. The number of hydrogen-bond donors (Lipinski definition) is 2. The van der Waals surface area contributed by atoms with E-state index >= 15 is 0 Å².